The van der Waals surface area contributed by atoms with Crippen LogP contribution < -0.4 is 5.73 Å². The smallest absolute Gasteiger partial charge is 0.0413 e. The number of nitrogens with two attached hydrogens (primary N) is 1. The molecule has 1 nitrogen and oxygen atoms in total. The van der Waals surface area contributed by atoms with Crippen LogP contribution in [0, 0.1) is 17.8 Å². The summed E-state index contributed by atoms with van der Waals surface area (Å²) in [5, 5.41) is 0.661. The monoisotopic (exact) mass is 217 g/mol. The van der Waals surface area contributed by atoms with Gasteiger partial charge in [0.1, 0.15) is 0 Å². The molecule has 0 atom stereocenters. The quantitative estimate of drug-likeness (QED) is 0.567. The minimum absolute atomic E-state index is 0.571. The van der Waals surface area contributed by atoms with Gasteiger partial charge in [0, 0.05) is 27.8 Å². The molecular weight excluding hydrogens is 206 g/mol. The molecule has 0 aromatic heterocycles. The molecule has 1 aliphatic carbocycles. The molecule has 2 N–H and O–H groups in total. The molecule has 76 valence electrons. The molecule has 0 radical (unpaired) electrons. The van der Waals surface area contributed by atoms with Gasteiger partial charge < -0.3 is 5.73 Å². The fourth-order valence-electron chi connectivity index (χ4n) is 1.27. The number of allylic oxidation sites excluding steroid dienone is 1. The summed E-state index contributed by atoms with van der Waals surface area (Å²) in [5.41, 5.74) is 8.10. The van der Waals surface area contributed by atoms with Gasteiger partial charge in [-0.25, -0.2) is 0 Å². The van der Waals surface area contributed by atoms with E-state index in [-0.39, 0.29) is 0 Å². The first-order valence-corrected chi connectivity index (χ1v) is 5.30. The molecule has 2 rings (SSSR count). The van der Waals surface area contributed by atoms with Gasteiger partial charge in [-0.1, -0.05) is 30.0 Å². The van der Waals surface area contributed by atoms with Crippen molar-refractivity contribution >= 4 is 22.9 Å². The molecule has 1 aromatic rings. The van der Waals surface area contributed by atoms with E-state index < -0.39 is 0 Å². The van der Waals surface area contributed by atoms with Gasteiger partial charge >= 0.3 is 0 Å². The maximum atomic E-state index is 5.89. The Hall–Kier alpha value is -1.39. The number of nitrogen functional groups attached to an aromatic ring is 1. The molecular formula is C13H12ClN. The lowest BCUT2D eigenvalue weighted by atomic mass is 10.1. The van der Waals surface area contributed by atoms with Gasteiger partial charge in [0.25, 0.3) is 0 Å². The van der Waals surface area contributed by atoms with Gasteiger partial charge in [-0.2, -0.15) is 0 Å². The standard InChI is InChI=1S/C13H12ClN/c1-9(2-3-10-4-5-10)12-8-11(14)6-7-13(12)15/h6-8,10H,1,4-5,15H2. The Kier molecular flexibility index (Phi) is 2.70. The Labute approximate surface area is 94.9 Å². The maximum absolute atomic E-state index is 5.89. The van der Waals surface area contributed by atoms with Crippen molar-refractivity contribution in [1.29, 1.82) is 0 Å². The highest BCUT2D eigenvalue weighted by atomic mass is 35.5. The number of halogens is 1. The zero-order valence-corrected chi connectivity index (χ0v) is 9.14. The zero-order chi connectivity index (χ0) is 10.8. The topological polar surface area (TPSA) is 26.0 Å². The van der Waals surface area contributed by atoms with Gasteiger partial charge in [0.15, 0.2) is 0 Å². The van der Waals surface area contributed by atoms with E-state index in [0.29, 0.717) is 16.6 Å². The van der Waals surface area contributed by atoms with Crippen molar-refractivity contribution in [3.8, 4) is 11.8 Å². The Balaban J connectivity index is 2.24. The average Bonchev–Trinajstić information content (AvgIpc) is 3.02. The number of hydrogen-bond donors (Lipinski definition) is 1. The van der Waals surface area contributed by atoms with Crippen molar-refractivity contribution in [2.24, 2.45) is 5.92 Å². The minimum atomic E-state index is 0.571. The van der Waals surface area contributed by atoms with E-state index in [2.05, 4.69) is 18.4 Å². The molecule has 0 spiro atoms. The zero-order valence-electron chi connectivity index (χ0n) is 8.39. The predicted octanol–water partition coefficient (Wildman–Crippen LogP) is 3.35. The molecule has 1 fully saturated rings. The van der Waals surface area contributed by atoms with E-state index in [4.69, 9.17) is 17.3 Å². The second-order valence-corrected chi connectivity index (χ2v) is 4.19. The Morgan fingerprint density at radius 3 is 2.87 bits per heavy atom. The van der Waals surface area contributed by atoms with Crippen molar-refractivity contribution in [2.75, 3.05) is 5.73 Å². The first-order valence-electron chi connectivity index (χ1n) is 4.92. The molecule has 0 unspecified atom stereocenters. The molecule has 15 heavy (non-hydrogen) atoms. The summed E-state index contributed by atoms with van der Waals surface area (Å²) < 4.78 is 0. The van der Waals surface area contributed by atoms with Crippen LogP contribution in [0.1, 0.15) is 18.4 Å². The van der Waals surface area contributed by atoms with Gasteiger partial charge in [0.05, 0.1) is 0 Å². The lowest BCUT2D eigenvalue weighted by Gasteiger charge is -2.03. The fourth-order valence-corrected chi connectivity index (χ4v) is 1.45. The van der Waals surface area contributed by atoms with Crippen LogP contribution in [0.5, 0.6) is 0 Å². The van der Waals surface area contributed by atoms with Crippen LogP contribution >= 0.6 is 11.6 Å². The highest BCUT2D eigenvalue weighted by Crippen LogP contribution is 2.29. The highest BCUT2D eigenvalue weighted by molar-refractivity contribution is 6.30. The van der Waals surface area contributed by atoms with E-state index in [1.54, 1.807) is 18.2 Å². The third kappa shape index (κ3) is 2.55. The third-order valence-corrected chi connectivity index (χ3v) is 2.58. The van der Waals surface area contributed by atoms with Crippen molar-refractivity contribution in [3.63, 3.8) is 0 Å². The van der Waals surface area contributed by atoms with Crippen LogP contribution in [0.25, 0.3) is 5.57 Å². The van der Waals surface area contributed by atoms with E-state index in [9.17, 15) is 0 Å². The maximum Gasteiger partial charge on any atom is 0.0413 e. The Morgan fingerprint density at radius 1 is 1.47 bits per heavy atom. The molecule has 1 aliphatic rings. The second-order valence-electron chi connectivity index (χ2n) is 3.75. The molecule has 1 saturated carbocycles. The van der Waals surface area contributed by atoms with E-state index in [1.165, 1.54) is 12.8 Å². The largest absolute Gasteiger partial charge is 0.398 e. The molecule has 0 bridgehead atoms. The van der Waals surface area contributed by atoms with E-state index in [1.807, 2.05) is 0 Å². The van der Waals surface area contributed by atoms with Crippen LogP contribution in [-0.4, -0.2) is 0 Å². The van der Waals surface area contributed by atoms with Crippen LogP contribution in [0.2, 0.25) is 5.02 Å². The molecule has 2 heteroatoms. The SMILES string of the molecule is C=C(C#CC1CC1)c1cc(Cl)ccc1N. The van der Waals surface area contributed by atoms with Crippen molar-refractivity contribution in [3.05, 3.63) is 35.4 Å². The van der Waals surface area contributed by atoms with Gasteiger partial charge in [-0.3, -0.25) is 0 Å². The Bertz CT molecular complexity index is 461. The lowest BCUT2D eigenvalue weighted by molar-refractivity contribution is 1.18. The fraction of sp³-hybridized carbons (Fsp3) is 0.231. The normalized spacial score (nSPS) is 14.2. The predicted molar refractivity (Wildman–Crippen MR) is 65.4 cm³/mol. The van der Waals surface area contributed by atoms with E-state index >= 15 is 0 Å². The molecule has 0 aliphatic heterocycles. The number of anilines is 1. The number of hydrogen-bond acceptors (Lipinski definition) is 1. The summed E-state index contributed by atoms with van der Waals surface area (Å²) >= 11 is 5.89. The summed E-state index contributed by atoms with van der Waals surface area (Å²) in [7, 11) is 0. The number of benzene rings is 1. The highest BCUT2D eigenvalue weighted by Gasteiger charge is 2.17. The lowest BCUT2D eigenvalue weighted by Crippen LogP contribution is -1.91. The van der Waals surface area contributed by atoms with Crippen LogP contribution in [0.4, 0.5) is 5.69 Å². The summed E-state index contributed by atoms with van der Waals surface area (Å²) in [6.45, 7) is 3.91. The van der Waals surface area contributed by atoms with Crippen LogP contribution in [0.3, 0.4) is 0 Å². The minimum Gasteiger partial charge on any atom is -0.398 e. The second kappa shape index (κ2) is 4.00. The van der Waals surface area contributed by atoms with Gasteiger partial charge in [0.2, 0.25) is 0 Å². The first-order chi connectivity index (χ1) is 7.16. The van der Waals surface area contributed by atoms with Crippen molar-refractivity contribution < 1.29 is 0 Å². The van der Waals surface area contributed by atoms with E-state index in [0.717, 1.165) is 11.1 Å². The van der Waals surface area contributed by atoms with Gasteiger partial charge in [-0.15, -0.1) is 0 Å². The first kappa shape index (κ1) is 10.1. The summed E-state index contributed by atoms with van der Waals surface area (Å²) in [5.74, 6) is 6.77. The average molecular weight is 218 g/mol. The van der Waals surface area contributed by atoms with Crippen molar-refractivity contribution in [1.82, 2.24) is 0 Å². The summed E-state index contributed by atoms with van der Waals surface area (Å²) in [6.07, 6.45) is 2.43. The molecule has 0 heterocycles. The Morgan fingerprint density at radius 2 is 2.20 bits per heavy atom. The molecule has 0 saturated heterocycles. The van der Waals surface area contributed by atoms with Gasteiger partial charge in [-0.05, 0) is 31.0 Å². The molecule has 0 amide bonds. The summed E-state index contributed by atoms with van der Waals surface area (Å²) in [4.78, 5) is 0. The molecule has 1 aromatic carbocycles. The van der Waals surface area contributed by atoms with Crippen LogP contribution in [0.15, 0.2) is 24.8 Å². The number of rotatable bonds is 1. The summed E-state index contributed by atoms with van der Waals surface area (Å²) in [6, 6.07) is 5.35. The third-order valence-electron chi connectivity index (χ3n) is 2.34. The van der Waals surface area contributed by atoms with Crippen LogP contribution in [-0.2, 0) is 0 Å². The van der Waals surface area contributed by atoms with Crippen molar-refractivity contribution in [2.45, 2.75) is 12.8 Å².